The van der Waals surface area contributed by atoms with Gasteiger partial charge in [0.2, 0.25) is 5.91 Å². The third-order valence-corrected chi connectivity index (χ3v) is 6.88. The van der Waals surface area contributed by atoms with Crippen LogP contribution in [0.5, 0.6) is 0 Å². The molecule has 34 heavy (non-hydrogen) atoms. The average Bonchev–Trinajstić information content (AvgIpc) is 3.55. The van der Waals surface area contributed by atoms with Crippen LogP contribution in [0.4, 0.5) is 5.82 Å². The van der Waals surface area contributed by atoms with E-state index in [1.165, 1.54) is 5.56 Å². The number of carboxylic acids is 1. The van der Waals surface area contributed by atoms with Gasteiger partial charge in [-0.1, -0.05) is 17.7 Å². The number of hydrogen-bond acceptors (Lipinski definition) is 6. The summed E-state index contributed by atoms with van der Waals surface area (Å²) in [4.78, 5) is 33.4. The summed E-state index contributed by atoms with van der Waals surface area (Å²) in [6, 6.07) is 3.25. The van der Waals surface area contributed by atoms with Crippen LogP contribution in [0, 0.1) is 0 Å². The molecule has 1 aliphatic heterocycles. The Bertz CT molecular complexity index is 1020. The highest BCUT2D eigenvalue weighted by atomic mass is 35.5. The summed E-state index contributed by atoms with van der Waals surface area (Å²) >= 11 is 6.17. The number of ether oxygens (including phenoxy) is 1. The lowest BCUT2D eigenvalue weighted by atomic mass is 10.0. The van der Waals surface area contributed by atoms with Crippen molar-refractivity contribution in [3.05, 3.63) is 40.6 Å². The van der Waals surface area contributed by atoms with Crippen LogP contribution in [0.2, 0.25) is 5.15 Å². The lowest BCUT2D eigenvalue weighted by Gasteiger charge is -2.20. The summed E-state index contributed by atoms with van der Waals surface area (Å²) in [6.07, 6.45) is 7.92. The van der Waals surface area contributed by atoms with E-state index in [4.69, 9.17) is 21.3 Å². The smallest absolute Gasteiger partial charge is 0.326 e. The number of amides is 1. The summed E-state index contributed by atoms with van der Waals surface area (Å²) in [5.74, 6) is -0.381. The third kappa shape index (κ3) is 5.52. The summed E-state index contributed by atoms with van der Waals surface area (Å²) in [5.41, 5.74) is 2.20. The second-order valence-corrected chi connectivity index (χ2v) is 9.50. The minimum absolute atomic E-state index is 0.203. The molecular weight excluding hydrogens is 458 g/mol. The van der Waals surface area contributed by atoms with E-state index in [-0.39, 0.29) is 24.1 Å². The maximum Gasteiger partial charge on any atom is 0.326 e. The Balaban J connectivity index is 1.17. The first kappa shape index (κ1) is 24.5. The van der Waals surface area contributed by atoms with Crippen LogP contribution in [-0.2, 0) is 39.6 Å². The lowest BCUT2D eigenvalue weighted by molar-refractivity contribution is -0.142. The van der Waals surface area contributed by atoms with Gasteiger partial charge >= 0.3 is 5.97 Å². The van der Waals surface area contributed by atoms with Crippen molar-refractivity contribution in [1.82, 2.24) is 19.9 Å². The second kappa shape index (κ2) is 10.7. The number of rotatable bonds is 12. The zero-order chi connectivity index (χ0) is 24.1. The van der Waals surface area contributed by atoms with Gasteiger partial charge in [0.25, 0.3) is 0 Å². The predicted octanol–water partition coefficient (Wildman–Crippen LogP) is 2.86. The standard InChI is InChI=1S/C24H32ClN5O4/c1-30-15-27-20(25)19(30)24(10-11-24)23(33)29-18(22(31)32)9-14-34-13-3-2-6-17-8-7-16-5-4-12-26-21(16)28-17/h7-8,15,18H,2-6,9-14H2,1H3,(H,26,28)(H,29,33)(H,31,32). The summed E-state index contributed by atoms with van der Waals surface area (Å²) in [6.45, 7) is 1.78. The number of hydrogen-bond donors (Lipinski definition) is 3. The number of fused-ring (bicyclic) bond motifs is 1. The first-order chi connectivity index (χ1) is 16.4. The summed E-state index contributed by atoms with van der Waals surface area (Å²) in [5, 5.41) is 15.9. The number of unbranched alkanes of at least 4 members (excludes halogenated alkanes) is 1. The van der Waals surface area contributed by atoms with Gasteiger partial charge in [0.15, 0.2) is 5.15 Å². The fraction of sp³-hybridized carbons (Fsp3) is 0.583. The molecule has 9 nitrogen and oxygen atoms in total. The van der Waals surface area contributed by atoms with E-state index in [0.29, 0.717) is 25.1 Å². The molecule has 1 saturated carbocycles. The number of imidazole rings is 1. The average molecular weight is 490 g/mol. The van der Waals surface area contributed by atoms with Crippen molar-refractivity contribution in [3.8, 4) is 0 Å². The molecule has 1 fully saturated rings. The molecule has 2 aromatic heterocycles. The zero-order valence-corrected chi connectivity index (χ0v) is 20.2. The van der Waals surface area contributed by atoms with Gasteiger partial charge in [0.05, 0.1) is 17.4 Å². The number of carboxylic acid groups (broad SMARTS) is 1. The molecule has 1 amide bonds. The fourth-order valence-electron chi connectivity index (χ4n) is 4.51. The van der Waals surface area contributed by atoms with Gasteiger partial charge in [-0.05, 0) is 56.6 Å². The van der Waals surface area contributed by atoms with E-state index in [2.05, 4.69) is 27.8 Å². The van der Waals surface area contributed by atoms with E-state index < -0.39 is 17.4 Å². The van der Waals surface area contributed by atoms with Crippen LogP contribution in [0.3, 0.4) is 0 Å². The van der Waals surface area contributed by atoms with Gasteiger partial charge in [-0.3, -0.25) is 4.79 Å². The molecule has 3 heterocycles. The number of aliphatic carboxylic acids is 1. The number of aromatic nitrogens is 3. The van der Waals surface area contributed by atoms with Crippen LogP contribution in [0.1, 0.15) is 55.5 Å². The molecule has 2 aliphatic rings. The monoisotopic (exact) mass is 489 g/mol. The van der Waals surface area contributed by atoms with Crippen molar-refractivity contribution < 1.29 is 19.4 Å². The van der Waals surface area contributed by atoms with Gasteiger partial charge in [0, 0.05) is 38.9 Å². The molecular formula is C24H32ClN5O4. The first-order valence-corrected chi connectivity index (χ1v) is 12.3. The number of anilines is 1. The van der Waals surface area contributed by atoms with E-state index in [1.54, 1.807) is 17.9 Å². The van der Waals surface area contributed by atoms with Gasteiger partial charge in [-0.25, -0.2) is 14.8 Å². The number of carbonyl (C=O) groups is 2. The SMILES string of the molecule is Cn1cnc(Cl)c1C1(C(=O)NC(CCOCCCCc2ccc3c(n2)NCCC3)C(=O)O)CC1. The van der Waals surface area contributed by atoms with E-state index in [0.717, 1.165) is 50.2 Å². The van der Waals surface area contributed by atoms with Crippen molar-refractivity contribution in [1.29, 1.82) is 0 Å². The molecule has 3 N–H and O–H groups in total. The minimum Gasteiger partial charge on any atom is -0.480 e. The Morgan fingerprint density at radius 2 is 2.15 bits per heavy atom. The van der Waals surface area contributed by atoms with Crippen LogP contribution >= 0.6 is 11.6 Å². The van der Waals surface area contributed by atoms with Crippen molar-refractivity contribution in [3.63, 3.8) is 0 Å². The van der Waals surface area contributed by atoms with E-state index >= 15 is 0 Å². The Hall–Kier alpha value is -2.65. The van der Waals surface area contributed by atoms with E-state index in [9.17, 15) is 14.7 Å². The zero-order valence-electron chi connectivity index (χ0n) is 19.5. The highest BCUT2D eigenvalue weighted by molar-refractivity contribution is 6.30. The summed E-state index contributed by atoms with van der Waals surface area (Å²) in [7, 11) is 1.78. The topological polar surface area (TPSA) is 118 Å². The predicted molar refractivity (Wildman–Crippen MR) is 128 cm³/mol. The van der Waals surface area contributed by atoms with Gasteiger partial charge in [-0.15, -0.1) is 0 Å². The number of aryl methyl sites for hydroxylation is 3. The normalized spacial score (nSPS) is 16.9. The number of halogens is 1. The molecule has 0 spiro atoms. The lowest BCUT2D eigenvalue weighted by Crippen LogP contribution is -2.46. The van der Waals surface area contributed by atoms with Crippen LogP contribution in [0.15, 0.2) is 18.5 Å². The summed E-state index contributed by atoms with van der Waals surface area (Å²) < 4.78 is 7.38. The quantitative estimate of drug-likeness (QED) is 0.392. The Kier molecular flexibility index (Phi) is 7.73. The van der Waals surface area contributed by atoms with Crippen LogP contribution < -0.4 is 10.6 Å². The molecule has 0 bridgehead atoms. The minimum atomic E-state index is -1.07. The highest BCUT2D eigenvalue weighted by Gasteiger charge is 2.55. The largest absolute Gasteiger partial charge is 0.480 e. The number of pyridine rings is 1. The molecule has 0 aromatic carbocycles. The number of carbonyl (C=O) groups excluding carboxylic acids is 1. The molecule has 10 heteroatoms. The Labute approximate surface area is 204 Å². The number of nitrogens with zero attached hydrogens (tertiary/aromatic N) is 3. The van der Waals surface area contributed by atoms with Gasteiger partial charge in [-0.2, -0.15) is 0 Å². The van der Waals surface area contributed by atoms with Crippen LogP contribution in [0.25, 0.3) is 0 Å². The first-order valence-electron chi connectivity index (χ1n) is 11.9. The maximum atomic E-state index is 12.9. The van der Waals surface area contributed by atoms with Crippen molar-refractivity contribution in [2.45, 2.75) is 62.8 Å². The fourth-order valence-corrected chi connectivity index (χ4v) is 4.87. The maximum absolute atomic E-state index is 12.9. The molecule has 1 atom stereocenters. The molecule has 0 radical (unpaired) electrons. The van der Waals surface area contributed by atoms with Gasteiger partial charge < -0.3 is 25.0 Å². The molecule has 1 unspecified atom stereocenters. The number of nitrogens with one attached hydrogen (secondary N) is 2. The molecule has 184 valence electrons. The molecule has 2 aromatic rings. The van der Waals surface area contributed by atoms with Crippen LogP contribution in [-0.4, -0.2) is 57.3 Å². The highest BCUT2D eigenvalue weighted by Crippen LogP contribution is 2.50. The molecule has 1 aliphatic carbocycles. The third-order valence-electron chi connectivity index (χ3n) is 6.61. The van der Waals surface area contributed by atoms with E-state index in [1.807, 2.05) is 0 Å². The Morgan fingerprint density at radius 1 is 1.32 bits per heavy atom. The Morgan fingerprint density at radius 3 is 2.85 bits per heavy atom. The molecule has 4 rings (SSSR count). The molecule has 0 saturated heterocycles. The second-order valence-electron chi connectivity index (χ2n) is 9.14. The van der Waals surface area contributed by atoms with Gasteiger partial charge in [0.1, 0.15) is 11.9 Å². The van der Waals surface area contributed by atoms with Crippen molar-refractivity contribution in [2.75, 3.05) is 25.1 Å². The van der Waals surface area contributed by atoms with Crippen molar-refractivity contribution >= 4 is 29.3 Å². The van der Waals surface area contributed by atoms with Crippen molar-refractivity contribution in [2.24, 2.45) is 7.05 Å².